The van der Waals surface area contributed by atoms with E-state index in [-0.39, 0.29) is 12.0 Å². The molecule has 26 heavy (non-hydrogen) atoms. The first-order valence-corrected chi connectivity index (χ1v) is 10.2. The highest BCUT2D eigenvalue weighted by molar-refractivity contribution is 5.79. The number of likely N-dealkylation sites (N-methyl/N-ethyl adjacent to an activating group) is 1. The fraction of sp³-hybridized carbons (Fsp3) is 0.750. The summed E-state index contributed by atoms with van der Waals surface area (Å²) in [4.78, 5) is 27.4. The zero-order chi connectivity index (χ0) is 18.1. The molecule has 1 amide bonds. The van der Waals surface area contributed by atoms with Crippen molar-refractivity contribution in [2.75, 3.05) is 32.5 Å². The predicted octanol–water partition coefficient (Wildman–Crippen LogP) is 2.75. The molecule has 142 valence electrons. The first kappa shape index (κ1) is 17.7. The quantitative estimate of drug-likeness (QED) is 0.901. The van der Waals surface area contributed by atoms with Crippen LogP contribution in [0.25, 0.3) is 0 Å². The lowest BCUT2D eigenvalue weighted by atomic mass is 9.97. The molecule has 1 atom stereocenters. The fourth-order valence-corrected chi connectivity index (χ4v) is 4.81. The van der Waals surface area contributed by atoms with Crippen molar-refractivity contribution in [3.63, 3.8) is 0 Å². The second-order valence-corrected chi connectivity index (χ2v) is 8.12. The van der Waals surface area contributed by atoms with E-state index >= 15 is 0 Å². The average molecular weight is 358 g/mol. The Labute approximate surface area is 156 Å². The Hall–Kier alpha value is -1.69. The number of amides is 1. The van der Waals surface area contributed by atoms with Crippen LogP contribution in [0.2, 0.25) is 0 Å². The van der Waals surface area contributed by atoms with Crippen molar-refractivity contribution in [2.45, 2.75) is 64.0 Å². The second kappa shape index (κ2) is 7.51. The molecule has 1 aromatic rings. The molecule has 4 rings (SSSR count). The molecule has 0 unspecified atom stereocenters. The van der Waals surface area contributed by atoms with E-state index in [9.17, 15) is 4.79 Å². The van der Waals surface area contributed by atoms with Crippen molar-refractivity contribution < 1.29 is 4.79 Å². The monoisotopic (exact) mass is 357 g/mol. The molecular formula is C20H31N5O. The molecule has 0 spiro atoms. The molecule has 3 heterocycles. The number of likely N-dealkylation sites (tertiary alicyclic amines) is 1. The number of rotatable bonds is 3. The minimum Gasteiger partial charge on any atom is -0.373 e. The Bertz CT molecular complexity index is 670. The van der Waals surface area contributed by atoms with Gasteiger partial charge in [0, 0.05) is 38.2 Å². The van der Waals surface area contributed by atoms with Crippen LogP contribution in [0, 0.1) is 5.92 Å². The third-order valence-corrected chi connectivity index (χ3v) is 6.30. The molecule has 1 aromatic heterocycles. The molecule has 6 nitrogen and oxygen atoms in total. The fourth-order valence-electron chi connectivity index (χ4n) is 4.81. The van der Waals surface area contributed by atoms with Gasteiger partial charge in [-0.15, -0.1) is 0 Å². The van der Waals surface area contributed by atoms with Gasteiger partial charge in [-0.05, 0) is 45.6 Å². The molecule has 1 aliphatic carbocycles. The van der Waals surface area contributed by atoms with Gasteiger partial charge in [-0.2, -0.15) is 0 Å². The smallest absolute Gasteiger partial charge is 0.226 e. The van der Waals surface area contributed by atoms with Gasteiger partial charge >= 0.3 is 0 Å². The van der Waals surface area contributed by atoms with E-state index in [4.69, 9.17) is 9.97 Å². The normalized spacial score (nSPS) is 24.5. The summed E-state index contributed by atoms with van der Waals surface area (Å²) in [5.41, 5.74) is 2.38. The highest BCUT2D eigenvalue weighted by Gasteiger charge is 2.35. The largest absolute Gasteiger partial charge is 0.373 e. The summed E-state index contributed by atoms with van der Waals surface area (Å²) in [6.07, 6.45) is 8.71. The first-order chi connectivity index (χ1) is 12.7. The van der Waals surface area contributed by atoms with Crippen LogP contribution >= 0.6 is 0 Å². The van der Waals surface area contributed by atoms with Crippen LogP contribution < -0.4 is 5.32 Å². The number of nitrogens with one attached hydrogen (secondary N) is 1. The number of carbonyl (C=O) groups excluding carboxylic acids is 1. The maximum absolute atomic E-state index is 13.1. The Morgan fingerprint density at radius 3 is 2.62 bits per heavy atom. The van der Waals surface area contributed by atoms with E-state index in [1.54, 1.807) is 0 Å². The van der Waals surface area contributed by atoms with Crippen LogP contribution in [0.4, 0.5) is 5.82 Å². The Kier molecular flexibility index (Phi) is 5.11. The molecule has 3 aliphatic rings. The molecule has 0 bridgehead atoms. The number of hydrogen-bond donors (Lipinski definition) is 1. The van der Waals surface area contributed by atoms with Crippen LogP contribution in [0.5, 0.6) is 0 Å². The van der Waals surface area contributed by atoms with Gasteiger partial charge in [-0.25, -0.2) is 9.97 Å². The van der Waals surface area contributed by atoms with E-state index in [0.717, 1.165) is 75.5 Å². The van der Waals surface area contributed by atoms with Crippen LogP contribution in [0.1, 0.15) is 68.1 Å². The second-order valence-electron chi connectivity index (χ2n) is 8.12. The SMILES string of the molecule is CNc1nc([C@@H]2CCCCN2C(=O)C2CCCC2)nc2c1CCN(C)C2. The maximum Gasteiger partial charge on any atom is 0.226 e. The molecule has 0 aromatic carbocycles. The number of carbonyl (C=O) groups is 1. The van der Waals surface area contributed by atoms with Gasteiger partial charge in [0.1, 0.15) is 5.82 Å². The minimum absolute atomic E-state index is 0.0430. The van der Waals surface area contributed by atoms with Crippen molar-refractivity contribution in [2.24, 2.45) is 5.92 Å². The third-order valence-electron chi connectivity index (χ3n) is 6.30. The summed E-state index contributed by atoms with van der Waals surface area (Å²) >= 11 is 0. The van der Waals surface area contributed by atoms with Gasteiger partial charge in [0.15, 0.2) is 5.82 Å². The molecule has 1 saturated heterocycles. The number of aromatic nitrogens is 2. The topological polar surface area (TPSA) is 61.4 Å². The van der Waals surface area contributed by atoms with Crippen LogP contribution in [-0.4, -0.2) is 52.9 Å². The van der Waals surface area contributed by atoms with E-state index in [0.29, 0.717) is 5.91 Å². The van der Waals surface area contributed by atoms with Crippen molar-refractivity contribution >= 4 is 11.7 Å². The molecule has 1 N–H and O–H groups in total. The van der Waals surface area contributed by atoms with Crippen molar-refractivity contribution in [3.05, 3.63) is 17.1 Å². The summed E-state index contributed by atoms with van der Waals surface area (Å²) in [6.45, 7) is 2.76. The zero-order valence-corrected chi connectivity index (χ0v) is 16.1. The van der Waals surface area contributed by atoms with Gasteiger partial charge in [-0.1, -0.05) is 12.8 Å². The average Bonchev–Trinajstić information content (AvgIpc) is 3.21. The van der Waals surface area contributed by atoms with Crippen LogP contribution in [0.3, 0.4) is 0 Å². The molecule has 1 saturated carbocycles. The predicted molar refractivity (Wildman–Crippen MR) is 102 cm³/mol. The van der Waals surface area contributed by atoms with E-state index < -0.39 is 0 Å². The lowest BCUT2D eigenvalue weighted by Gasteiger charge is -2.37. The number of piperidine rings is 1. The van der Waals surface area contributed by atoms with Crippen molar-refractivity contribution in [1.82, 2.24) is 19.8 Å². The van der Waals surface area contributed by atoms with E-state index in [2.05, 4.69) is 22.2 Å². The Morgan fingerprint density at radius 1 is 1.08 bits per heavy atom. The van der Waals surface area contributed by atoms with Crippen molar-refractivity contribution in [1.29, 1.82) is 0 Å². The van der Waals surface area contributed by atoms with Gasteiger partial charge in [0.05, 0.1) is 11.7 Å². The van der Waals surface area contributed by atoms with E-state index in [1.807, 2.05) is 7.05 Å². The van der Waals surface area contributed by atoms with E-state index in [1.165, 1.54) is 18.4 Å². The summed E-state index contributed by atoms with van der Waals surface area (Å²) in [7, 11) is 4.08. The standard InChI is InChI=1S/C20H31N5O/c1-21-18-15-10-12-24(2)13-16(15)22-19(23-18)17-9-5-6-11-25(17)20(26)14-7-3-4-8-14/h14,17H,3-13H2,1-2H3,(H,21,22,23)/t17-/m0/s1. The lowest BCUT2D eigenvalue weighted by Crippen LogP contribution is -2.42. The van der Waals surface area contributed by atoms with Gasteiger partial charge in [-0.3, -0.25) is 4.79 Å². The van der Waals surface area contributed by atoms with Gasteiger partial charge < -0.3 is 15.1 Å². The number of anilines is 1. The number of nitrogens with zero attached hydrogens (tertiary/aromatic N) is 4. The number of fused-ring (bicyclic) bond motifs is 1. The summed E-state index contributed by atoms with van der Waals surface area (Å²) in [6, 6.07) is 0.0430. The minimum atomic E-state index is 0.0430. The lowest BCUT2D eigenvalue weighted by molar-refractivity contribution is -0.139. The Balaban J connectivity index is 1.65. The van der Waals surface area contributed by atoms with Gasteiger partial charge in [0.2, 0.25) is 5.91 Å². The van der Waals surface area contributed by atoms with Crippen LogP contribution in [0.15, 0.2) is 0 Å². The molecule has 2 aliphatic heterocycles. The summed E-state index contributed by atoms with van der Waals surface area (Å²) in [5, 5.41) is 3.28. The first-order valence-electron chi connectivity index (χ1n) is 10.2. The van der Waals surface area contributed by atoms with Crippen molar-refractivity contribution in [3.8, 4) is 0 Å². The number of hydrogen-bond acceptors (Lipinski definition) is 5. The molecular weight excluding hydrogens is 326 g/mol. The summed E-state index contributed by atoms with van der Waals surface area (Å²) in [5.74, 6) is 2.37. The third kappa shape index (κ3) is 3.31. The highest BCUT2D eigenvalue weighted by Crippen LogP contribution is 2.35. The van der Waals surface area contributed by atoms with Crippen LogP contribution in [-0.2, 0) is 17.8 Å². The van der Waals surface area contributed by atoms with Gasteiger partial charge in [0.25, 0.3) is 0 Å². The molecule has 6 heteroatoms. The Morgan fingerprint density at radius 2 is 1.85 bits per heavy atom. The zero-order valence-electron chi connectivity index (χ0n) is 16.1. The highest BCUT2D eigenvalue weighted by atomic mass is 16.2. The molecule has 0 radical (unpaired) electrons. The maximum atomic E-state index is 13.1. The summed E-state index contributed by atoms with van der Waals surface area (Å²) < 4.78 is 0. The molecule has 2 fully saturated rings.